The van der Waals surface area contributed by atoms with Gasteiger partial charge in [0.25, 0.3) is 11.8 Å². The fraction of sp³-hybridized carbons (Fsp3) is 0.136. The summed E-state index contributed by atoms with van der Waals surface area (Å²) in [6.07, 6.45) is -0.633. The topological polar surface area (TPSA) is 71.0 Å². The van der Waals surface area contributed by atoms with Crippen LogP contribution in [0.25, 0.3) is 0 Å². The normalized spacial score (nSPS) is 15.6. The zero-order valence-electron chi connectivity index (χ0n) is 16.0. The standard InChI is InChI=1S/C22H19N3O3S/c1-14-5-7-16(8-6-14)20(27)23-18-11-9-17(10-12-18)22-25(15(2)26)24-21(28-22)19-4-3-13-29-19/h3-13,22H,1-2H3,(H,23,27)/t22-/m1/s1. The van der Waals surface area contributed by atoms with Gasteiger partial charge in [-0.2, -0.15) is 5.01 Å². The molecule has 0 spiro atoms. The van der Waals surface area contributed by atoms with E-state index in [1.165, 1.54) is 23.3 Å². The molecule has 2 aromatic carbocycles. The van der Waals surface area contributed by atoms with Crippen LogP contribution in [0, 0.1) is 6.92 Å². The first-order valence-corrected chi connectivity index (χ1v) is 9.96. The maximum absolute atomic E-state index is 12.4. The number of ether oxygens (including phenoxy) is 1. The number of rotatable bonds is 4. The molecule has 1 aliphatic rings. The quantitative estimate of drug-likeness (QED) is 0.692. The van der Waals surface area contributed by atoms with Gasteiger partial charge in [0.15, 0.2) is 0 Å². The number of anilines is 1. The van der Waals surface area contributed by atoms with Crippen molar-refractivity contribution in [1.29, 1.82) is 0 Å². The van der Waals surface area contributed by atoms with Crippen molar-refractivity contribution in [2.45, 2.75) is 20.1 Å². The molecule has 3 aromatic rings. The SMILES string of the molecule is CC(=O)N1N=C(c2cccs2)O[C@@H]1c1ccc(NC(=O)c2ccc(C)cc2)cc1. The molecule has 1 N–H and O–H groups in total. The van der Waals surface area contributed by atoms with Gasteiger partial charge in [0.2, 0.25) is 12.1 Å². The maximum Gasteiger partial charge on any atom is 0.255 e. The Labute approximate surface area is 172 Å². The molecule has 0 aliphatic carbocycles. The smallest absolute Gasteiger partial charge is 0.255 e. The Balaban J connectivity index is 1.49. The molecule has 7 heteroatoms. The number of amides is 2. The van der Waals surface area contributed by atoms with Crippen LogP contribution in [0.2, 0.25) is 0 Å². The van der Waals surface area contributed by atoms with Crippen LogP contribution in [0.5, 0.6) is 0 Å². The van der Waals surface area contributed by atoms with Crippen molar-refractivity contribution in [1.82, 2.24) is 5.01 Å². The number of hydrogen-bond donors (Lipinski definition) is 1. The Bertz CT molecular complexity index is 1060. The van der Waals surface area contributed by atoms with Crippen LogP contribution >= 0.6 is 11.3 Å². The van der Waals surface area contributed by atoms with Crippen LogP contribution in [-0.4, -0.2) is 22.7 Å². The van der Waals surface area contributed by atoms with Gasteiger partial charge in [0.1, 0.15) is 0 Å². The highest BCUT2D eigenvalue weighted by Crippen LogP contribution is 2.31. The summed E-state index contributed by atoms with van der Waals surface area (Å²) in [7, 11) is 0. The minimum Gasteiger partial charge on any atom is -0.445 e. The number of thiophene rings is 1. The monoisotopic (exact) mass is 405 g/mol. The summed E-state index contributed by atoms with van der Waals surface area (Å²) in [6.45, 7) is 3.43. The Hall–Kier alpha value is -3.45. The Kier molecular flexibility index (Phi) is 5.14. The Morgan fingerprint density at radius 1 is 1.07 bits per heavy atom. The molecular formula is C22H19N3O3S. The van der Waals surface area contributed by atoms with Crippen molar-refractivity contribution in [2.75, 3.05) is 5.32 Å². The van der Waals surface area contributed by atoms with Crippen molar-refractivity contribution in [3.8, 4) is 0 Å². The Morgan fingerprint density at radius 3 is 2.41 bits per heavy atom. The summed E-state index contributed by atoms with van der Waals surface area (Å²) in [5.41, 5.74) is 3.12. The molecule has 2 amide bonds. The van der Waals surface area contributed by atoms with Crippen LogP contribution in [0.4, 0.5) is 5.69 Å². The summed E-state index contributed by atoms with van der Waals surface area (Å²) >= 11 is 1.50. The van der Waals surface area contributed by atoms with Gasteiger partial charge in [0.05, 0.1) is 4.88 Å². The molecule has 0 unspecified atom stereocenters. The molecule has 0 saturated heterocycles. The van der Waals surface area contributed by atoms with Gasteiger partial charge >= 0.3 is 0 Å². The number of hydrogen-bond acceptors (Lipinski definition) is 5. The molecule has 4 rings (SSSR count). The first-order chi connectivity index (χ1) is 14.0. The minimum absolute atomic E-state index is 0.177. The number of nitrogens with zero attached hydrogens (tertiary/aromatic N) is 2. The van der Waals surface area contributed by atoms with E-state index in [1.54, 1.807) is 24.3 Å². The number of carbonyl (C=O) groups excluding carboxylic acids is 2. The summed E-state index contributed by atoms with van der Waals surface area (Å²) in [5.74, 6) is 0.0406. The van der Waals surface area contributed by atoms with E-state index >= 15 is 0 Å². The fourth-order valence-corrected chi connectivity index (χ4v) is 3.57. The van der Waals surface area contributed by atoms with E-state index in [4.69, 9.17) is 4.74 Å². The molecule has 2 heterocycles. The van der Waals surface area contributed by atoms with E-state index in [0.717, 1.165) is 16.0 Å². The van der Waals surface area contributed by atoms with Crippen LogP contribution in [-0.2, 0) is 9.53 Å². The second-order valence-corrected chi connectivity index (χ2v) is 7.61. The lowest BCUT2D eigenvalue weighted by Crippen LogP contribution is -2.25. The zero-order chi connectivity index (χ0) is 20.4. The zero-order valence-corrected chi connectivity index (χ0v) is 16.8. The van der Waals surface area contributed by atoms with Crippen molar-refractivity contribution >= 4 is 34.7 Å². The van der Waals surface area contributed by atoms with E-state index in [2.05, 4.69) is 10.4 Å². The van der Waals surface area contributed by atoms with Crippen molar-refractivity contribution < 1.29 is 14.3 Å². The summed E-state index contributed by atoms with van der Waals surface area (Å²) < 4.78 is 5.95. The predicted octanol–water partition coefficient (Wildman–Crippen LogP) is 4.55. The average Bonchev–Trinajstić information content (AvgIpc) is 3.39. The van der Waals surface area contributed by atoms with Gasteiger partial charge in [-0.1, -0.05) is 35.9 Å². The van der Waals surface area contributed by atoms with Gasteiger partial charge in [-0.15, -0.1) is 16.4 Å². The number of nitrogens with one attached hydrogen (secondary N) is 1. The average molecular weight is 405 g/mol. The minimum atomic E-state index is -0.633. The number of benzene rings is 2. The molecule has 1 aliphatic heterocycles. The van der Waals surface area contributed by atoms with Crippen LogP contribution < -0.4 is 5.32 Å². The van der Waals surface area contributed by atoms with E-state index in [0.29, 0.717) is 17.1 Å². The number of aryl methyl sites for hydroxylation is 1. The summed E-state index contributed by atoms with van der Waals surface area (Å²) in [4.78, 5) is 25.3. The fourth-order valence-electron chi connectivity index (χ4n) is 2.92. The second kappa shape index (κ2) is 7.89. The van der Waals surface area contributed by atoms with Crippen molar-refractivity contribution in [3.05, 3.63) is 87.6 Å². The lowest BCUT2D eigenvalue weighted by Gasteiger charge is -2.19. The van der Waals surface area contributed by atoms with Gasteiger partial charge in [0, 0.05) is 23.7 Å². The van der Waals surface area contributed by atoms with E-state index in [1.807, 2.05) is 48.7 Å². The van der Waals surface area contributed by atoms with Crippen LogP contribution in [0.1, 0.15) is 39.5 Å². The molecule has 1 atom stereocenters. The van der Waals surface area contributed by atoms with Gasteiger partial charge in [-0.05, 0) is 42.6 Å². The lowest BCUT2D eigenvalue weighted by atomic mass is 10.1. The first-order valence-electron chi connectivity index (χ1n) is 9.08. The number of hydrazone groups is 1. The van der Waals surface area contributed by atoms with E-state index < -0.39 is 6.23 Å². The molecule has 0 saturated carbocycles. The molecule has 0 fully saturated rings. The van der Waals surface area contributed by atoms with Gasteiger partial charge in [-0.25, -0.2) is 0 Å². The highest BCUT2D eigenvalue weighted by Gasteiger charge is 2.33. The van der Waals surface area contributed by atoms with E-state index in [9.17, 15) is 9.59 Å². The molecule has 6 nitrogen and oxygen atoms in total. The van der Waals surface area contributed by atoms with E-state index in [-0.39, 0.29) is 11.8 Å². The molecule has 0 bridgehead atoms. The highest BCUT2D eigenvalue weighted by molar-refractivity contribution is 7.12. The predicted molar refractivity (Wildman–Crippen MR) is 113 cm³/mol. The van der Waals surface area contributed by atoms with Crippen molar-refractivity contribution in [3.63, 3.8) is 0 Å². The van der Waals surface area contributed by atoms with Crippen molar-refractivity contribution in [2.24, 2.45) is 5.10 Å². The molecule has 29 heavy (non-hydrogen) atoms. The number of carbonyl (C=O) groups is 2. The molecule has 146 valence electrons. The second-order valence-electron chi connectivity index (χ2n) is 6.66. The Morgan fingerprint density at radius 2 is 1.79 bits per heavy atom. The largest absolute Gasteiger partial charge is 0.445 e. The third-order valence-corrected chi connectivity index (χ3v) is 5.32. The maximum atomic E-state index is 12.4. The summed E-state index contributed by atoms with van der Waals surface area (Å²) in [5, 5.41) is 10.5. The summed E-state index contributed by atoms with van der Waals surface area (Å²) in [6, 6.07) is 18.4. The third kappa shape index (κ3) is 4.05. The molecule has 1 aromatic heterocycles. The highest BCUT2D eigenvalue weighted by atomic mass is 32.1. The third-order valence-electron chi connectivity index (χ3n) is 4.47. The first kappa shape index (κ1) is 18.9. The van der Waals surface area contributed by atoms with Gasteiger partial charge < -0.3 is 10.1 Å². The molecular weight excluding hydrogens is 386 g/mol. The van der Waals surface area contributed by atoms with Crippen LogP contribution in [0.15, 0.2) is 71.1 Å². The van der Waals surface area contributed by atoms with Crippen LogP contribution in [0.3, 0.4) is 0 Å². The molecule has 0 radical (unpaired) electrons. The van der Waals surface area contributed by atoms with Gasteiger partial charge in [-0.3, -0.25) is 9.59 Å². The lowest BCUT2D eigenvalue weighted by molar-refractivity contribution is -0.135.